The van der Waals surface area contributed by atoms with E-state index in [1.165, 1.54) is 26.5 Å². The van der Waals surface area contributed by atoms with Crippen LogP contribution in [-0.2, 0) is 14.3 Å². The summed E-state index contributed by atoms with van der Waals surface area (Å²) in [6, 6.07) is 5.10. The van der Waals surface area contributed by atoms with Crippen LogP contribution in [0.3, 0.4) is 0 Å². The van der Waals surface area contributed by atoms with Crippen molar-refractivity contribution in [2.24, 2.45) is 5.10 Å². The number of hydrogen-bond donors (Lipinski definition) is 4. The second-order valence-electron chi connectivity index (χ2n) is 7.93. The number of benzene rings is 2. The van der Waals surface area contributed by atoms with Gasteiger partial charge in [-0.1, -0.05) is 6.07 Å². The van der Waals surface area contributed by atoms with Gasteiger partial charge in [-0.15, -0.1) is 0 Å². The standard InChI is InChI=1S/C25H26Br2N4O8/c1-5-38-24(34)19-12(2)29-25(35)30-22(19)13-6-7-15(16(8-13)36-3)39-11-18(32)31-28-10-14-9-17(37-4)23(33)21(27)20(14)26/h6-10,22,33H,5,11H2,1-4H3,(H,31,32)(H2,29,30,35)/b28-10-/t22-/m1/s1. The van der Waals surface area contributed by atoms with Gasteiger partial charge in [-0.05, 0) is 69.5 Å². The second-order valence-corrected chi connectivity index (χ2v) is 9.51. The highest BCUT2D eigenvalue weighted by atomic mass is 79.9. The molecular formula is C25H26Br2N4O8. The molecule has 4 N–H and O–H groups in total. The van der Waals surface area contributed by atoms with E-state index in [2.05, 4.69) is 53.0 Å². The zero-order chi connectivity index (χ0) is 28.7. The number of hydrogen-bond acceptors (Lipinski definition) is 9. The highest BCUT2D eigenvalue weighted by Gasteiger charge is 2.32. The quantitative estimate of drug-likeness (QED) is 0.170. The molecule has 0 aromatic heterocycles. The van der Waals surface area contributed by atoms with Crippen LogP contribution in [0.4, 0.5) is 4.79 Å². The van der Waals surface area contributed by atoms with Crippen LogP contribution in [0.2, 0.25) is 0 Å². The highest BCUT2D eigenvalue weighted by molar-refractivity contribution is 9.13. The minimum atomic E-state index is -0.781. The topological polar surface area (TPSA) is 157 Å². The summed E-state index contributed by atoms with van der Waals surface area (Å²) >= 11 is 6.59. The van der Waals surface area contributed by atoms with Crippen LogP contribution in [0.5, 0.6) is 23.0 Å². The van der Waals surface area contributed by atoms with E-state index in [9.17, 15) is 19.5 Å². The molecule has 0 bridgehead atoms. The van der Waals surface area contributed by atoms with E-state index in [4.69, 9.17) is 18.9 Å². The van der Waals surface area contributed by atoms with Crippen molar-refractivity contribution >= 4 is 56.0 Å². The molecule has 1 atom stereocenters. The fraction of sp³-hybridized carbons (Fsp3) is 0.280. The number of urea groups is 1. The van der Waals surface area contributed by atoms with Crippen molar-refractivity contribution in [1.29, 1.82) is 0 Å². The second kappa shape index (κ2) is 13.3. The summed E-state index contributed by atoms with van der Waals surface area (Å²) in [4.78, 5) is 37.0. The molecule has 0 saturated heterocycles. The van der Waals surface area contributed by atoms with Gasteiger partial charge in [-0.2, -0.15) is 5.10 Å². The average molecular weight is 670 g/mol. The van der Waals surface area contributed by atoms with Gasteiger partial charge in [0.05, 0.1) is 43.1 Å². The van der Waals surface area contributed by atoms with E-state index < -0.39 is 23.9 Å². The zero-order valence-corrected chi connectivity index (χ0v) is 24.6. The fourth-order valence-corrected chi connectivity index (χ4v) is 4.45. The first-order valence-electron chi connectivity index (χ1n) is 11.4. The highest BCUT2D eigenvalue weighted by Crippen LogP contribution is 2.41. The SMILES string of the molecule is CCOC(=O)C1=C(C)NC(=O)N[C@@H]1c1ccc(OCC(=O)N/N=C\c2cc(OC)c(O)c(Br)c2Br)c(OC)c1. The molecule has 2 aromatic carbocycles. The van der Waals surface area contributed by atoms with Gasteiger partial charge in [0, 0.05) is 15.7 Å². The Labute approximate surface area is 241 Å². The van der Waals surface area contributed by atoms with Gasteiger partial charge in [-0.25, -0.2) is 15.0 Å². The molecule has 39 heavy (non-hydrogen) atoms. The van der Waals surface area contributed by atoms with E-state index in [0.29, 0.717) is 25.8 Å². The molecule has 0 saturated carbocycles. The fourth-order valence-electron chi connectivity index (χ4n) is 3.62. The Morgan fingerprint density at radius 1 is 1.13 bits per heavy atom. The molecule has 0 aliphatic carbocycles. The summed E-state index contributed by atoms with van der Waals surface area (Å²) < 4.78 is 22.2. The molecule has 1 heterocycles. The summed E-state index contributed by atoms with van der Waals surface area (Å²) in [5.41, 5.74) is 4.07. The van der Waals surface area contributed by atoms with E-state index in [0.717, 1.165) is 0 Å². The van der Waals surface area contributed by atoms with Gasteiger partial charge in [0.15, 0.2) is 29.6 Å². The van der Waals surface area contributed by atoms with Crippen molar-refractivity contribution in [3.8, 4) is 23.0 Å². The summed E-state index contributed by atoms with van der Waals surface area (Å²) in [5.74, 6) is -0.428. The normalized spacial score (nSPS) is 14.9. The number of methoxy groups -OCH3 is 2. The third kappa shape index (κ3) is 7.00. The molecule has 12 nitrogen and oxygen atoms in total. The molecule has 0 fully saturated rings. The average Bonchev–Trinajstić information content (AvgIpc) is 2.91. The molecular weight excluding hydrogens is 644 g/mol. The molecule has 208 valence electrons. The van der Waals surface area contributed by atoms with Crippen molar-refractivity contribution in [3.63, 3.8) is 0 Å². The lowest BCUT2D eigenvalue weighted by Crippen LogP contribution is -2.45. The van der Waals surface area contributed by atoms with E-state index >= 15 is 0 Å². The molecule has 14 heteroatoms. The van der Waals surface area contributed by atoms with Gasteiger partial charge in [-0.3, -0.25) is 4.79 Å². The van der Waals surface area contributed by atoms with Crippen LogP contribution in [0, 0.1) is 0 Å². The summed E-state index contributed by atoms with van der Waals surface area (Å²) in [5, 5.41) is 19.2. The van der Waals surface area contributed by atoms with Crippen molar-refractivity contribution in [1.82, 2.24) is 16.1 Å². The number of esters is 1. The molecule has 3 amide bonds. The number of halogens is 2. The summed E-state index contributed by atoms with van der Waals surface area (Å²) in [7, 11) is 2.84. The van der Waals surface area contributed by atoms with Crippen LogP contribution in [0.15, 0.2) is 49.6 Å². The molecule has 0 spiro atoms. The Kier molecular flexibility index (Phi) is 10.2. The number of nitrogens with one attached hydrogen (secondary N) is 3. The lowest BCUT2D eigenvalue weighted by Gasteiger charge is -2.28. The number of amides is 3. The Bertz CT molecular complexity index is 1350. The Morgan fingerprint density at radius 2 is 1.85 bits per heavy atom. The molecule has 0 unspecified atom stereocenters. The van der Waals surface area contributed by atoms with Gasteiger partial charge < -0.3 is 34.7 Å². The third-order valence-electron chi connectivity index (χ3n) is 5.43. The number of ether oxygens (including phenoxy) is 4. The predicted octanol–water partition coefficient (Wildman–Crippen LogP) is 3.65. The van der Waals surface area contributed by atoms with Crippen molar-refractivity contribution in [2.45, 2.75) is 19.9 Å². The number of phenolic OH excluding ortho intramolecular Hbond substituents is 1. The number of phenols is 1. The van der Waals surface area contributed by atoms with Crippen LogP contribution < -0.4 is 30.3 Å². The maximum atomic E-state index is 12.6. The van der Waals surface area contributed by atoms with E-state index in [-0.39, 0.29) is 41.8 Å². The van der Waals surface area contributed by atoms with Crippen molar-refractivity contribution in [2.75, 3.05) is 27.4 Å². The van der Waals surface area contributed by atoms with Gasteiger partial charge in [0.25, 0.3) is 5.91 Å². The molecule has 2 aromatic rings. The van der Waals surface area contributed by atoms with Gasteiger partial charge in [0.1, 0.15) is 0 Å². The van der Waals surface area contributed by atoms with Crippen molar-refractivity contribution < 1.29 is 38.4 Å². The van der Waals surface area contributed by atoms with Crippen LogP contribution in [0.25, 0.3) is 0 Å². The number of hydrazone groups is 1. The number of carbonyl (C=O) groups excluding carboxylic acids is 3. The summed E-state index contributed by atoms with van der Waals surface area (Å²) in [6.07, 6.45) is 1.37. The van der Waals surface area contributed by atoms with Crippen LogP contribution in [-0.4, -0.2) is 56.7 Å². The Balaban J connectivity index is 1.70. The number of rotatable bonds is 10. The van der Waals surface area contributed by atoms with Gasteiger partial charge in [0.2, 0.25) is 0 Å². The lowest BCUT2D eigenvalue weighted by molar-refractivity contribution is -0.139. The first-order valence-corrected chi connectivity index (χ1v) is 13.0. The Hall–Kier alpha value is -3.78. The zero-order valence-electron chi connectivity index (χ0n) is 21.4. The Morgan fingerprint density at radius 3 is 2.51 bits per heavy atom. The van der Waals surface area contributed by atoms with Crippen molar-refractivity contribution in [3.05, 3.63) is 55.6 Å². The molecule has 0 radical (unpaired) electrons. The number of aromatic hydroxyl groups is 1. The maximum Gasteiger partial charge on any atom is 0.338 e. The van der Waals surface area contributed by atoms with Crippen LogP contribution in [0.1, 0.15) is 31.0 Å². The third-order valence-corrected chi connectivity index (χ3v) is 7.59. The largest absolute Gasteiger partial charge is 0.503 e. The van der Waals surface area contributed by atoms with Gasteiger partial charge >= 0.3 is 12.0 Å². The van der Waals surface area contributed by atoms with E-state index in [1.54, 1.807) is 32.0 Å². The molecule has 3 rings (SSSR count). The number of nitrogens with zero attached hydrogens (tertiary/aromatic N) is 1. The number of allylic oxidation sites excluding steroid dienone is 1. The first kappa shape index (κ1) is 29.8. The number of carbonyl (C=O) groups is 3. The van der Waals surface area contributed by atoms with Crippen LogP contribution >= 0.6 is 31.9 Å². The molecule has 1 aliphatic rings. The predicted molar refractivity (Wildman–Crippen MR) is 148 cm³/mol. The lowest BCUT2D eigenvalue weighted by atomic mass is 9.95. The molecule has 1 aliphatic heterocycles. The first-order chi connectivity index (χ1) is 18.6. The van der Waals surface area contributed by atoms with E-state index in [1.807, 2.05) is 0 Å². The summed E-state index contributed by atoms with van der Waals surface area (Å²) in [6.45, 7) is 3.10. The minimum Gasteiger partial charge on any atom is -0.503 e. The monoisotopic (exact) mass is 668 g/mol. The minimum absolute atomic E-state index is 0.0790. The smallest absolute Gasteiger partial charge is 0.338 e. The maximum absolute atomic E-state index is 12.6.